The van der Waals surface area contributed by atoms with Crippen LogP contribution in [0.2, 0.25) is 0 Å². The third-order valence-corrected chi connectivity index (χ3v) is 4.75. The Labute approximate surface area is 105 Å². The van der Waals surface area contributed by atoms with E-state index in [4.69, 9.17) is 0 Å². The topological polar surface area (TPSA) is 31.4 Å². The van der Waals surface area contributed by atoms with Gasteiger partial charge in [-0.15, -0.1) is 20.1 Å². The van der Waals surface area contributed by atoms with Gasteiger partial charge < -0.3 is 9.47 Å². The third kappa shape index (κ3) is 1.41. The van der Waals surface area contributed by atoms with Crippen LogP contribution in [0.4, 0.5) is 8.78 Å². The highest BCUT2D eigenvalue weighted by Crippen LogP contribution is 2.51. The summed E-state index contributed by atoms with van der Waals surface area (Å²) in [5, 5.41) is 1.06. The normalized spacial score (nSPS) is 22.4. The number of fused-ring (bicyclic) bond motifs is 2. The Morgan fingerprint density at radius 3 is 2.56 bits per heavy atom. The molecule has 0 unspecified atom stereocenters. The van der Waals surface area contributed by atoms with Gasteiger partial charge in [-0.1, -0.05) is 6.92 Å². The Hall–Kier alpha value is -1.43. The summed E-state index contributed by atoms with van der Waals surface area (Å²) in [6, 6.07) is 3.11. The van der Waals surface area contributed by atoms with Gasteiger partial charge in [-0.2, -0.15) is 0 Å². The van der Waals surface area contributed by atoms with E-state index >= 15 is 0 Å². The van der Waals surface area contributed by atoms with Gasteiger partial charge >= 0.3 is 6.29 Å². The van der Waals surface area contributed by atoms with Crippen molar-refractivity contribution in [3.8, 4) is 11.5 Å². The number of rotatable bonds is 1. The summed E-state index contributed by atoms with van der Waals surface area (Å²) >= 11 is 1.54. The molecule has 0 amide bonds. The molecule has 1 aliphatic carbocycles. The van der Waals surface area contributed by atoms with Crippen LogP contribution in [-0.4, -0.2) is 11.3 Å². The number of benzene rings is 1. The minimum Gasteiger partial charge on any atom is -0.395 e. The first-order valence-electron chi connectivity index (χ1n) is 5.66. The lowest BCUT2D eigenvalue weighted by Crippen LogP contribution is -2.25. The molecular formula is C12H9F2NO2S. The second-order valence-corrected chi connectivity index (χ2v) is 6.04. The lowest BCUT2D eigenvalue weighted by atomic mass is 10.2. The lowest BCUT2D eigenvalue weighted by Gasteiger charge is -2.04. The molecule has 0 saturated heterocycles. The van der Waals surface area contributed by atoms with Crippen LogP contribution in [0.3, 0.4) is 0 Å². The zero-order valence-electron chi connectivity index (χ0n) is 9.50. The van der Waals surface area contributed by atoms with Gasteiger partial charge in [0.25, 0.3) is 0 Å². The predicted molar refractivity (Wildman–Crippen MR) is 62.4 cm³/mol. The molecule has 6 heteroatoms. The summed E-state index contributed by atoms with van der Waals surface area (Å²) in [7, 11) is 0. The van der Waals surface area contributed by atoms with E-state index in [2.05, 4.69) is 21.4 Å². The number of nitrogens with zero attached hydrogens (tertiary/aromatic N) is 1. The number of ether oxygens (including phenoxy) is 2. The second-order valence-electron chi connectivity index (χ2n) is 5.01. The van der Waals surface area contributed by atoms with Gasteiger partial charge in [0.1, 0.15) is 0 Å². The molecule has 3 nitrogen and oxygen atoms in total. The monoisotopic (exact) mass is 269 g/mol. The van der Waals surface area contributed by atoms with E-state index < -0.39 is 6.29 Å². The van der Waals surface area contributed by atoms with Crippen molar-refractivity contribution in [2.24, 2.45) is 0 Å². The Balaban J connectivity index is 1.85. The molecular weight excluding hydrogens is 260 g/mol. The fraction of sp³-hybridized carbons (Fsp3) is 0.417. The summed E-state index contributed by atoms with van der Waals surface area (Å²) in [5.41, 5.74) is 0.878. The number of aromatic nitrogens is 1. The molecule has 2 aliphatic rings. The predicted octanol–water partition coefficient (Wildman–Crippen LogP) is 3.67. The standard InChI is InChI=1S/C12H9F2NO2S/c1-11(2-3-11)10-15-6-4-7-8(5-9(6)18-10)17-12(13,14)16-7/h4-5H,2-3H2,1H3. The van der Waals surface area contributed by atoms with E-state index in [0.717, 1.165) is 22.5 Å². The average Bonchev–Trinajstić information content (AvgIpc) is 2.77. The molecule has 1 fully saturated rings. The van der Waals surface area contributed by atoms with Gasteiger partial charge in [-0.25, -0.2) is 4.98 Å². The van der Waals surface area contributed by atoms with Crippen molar-refractivity contribution in [1.82, 2.24) is 4.98 Å². The molecule has 4 rings (SSSR count). The molecule has 0 atom stereocenters. The van der Waals surface area contributed by atoms with Crippen molar-refractivity contribution in [3.05, 3.63) is 17.1 Å². The molecule has 94 valence electrons. The van der Waals surface area contributed by atoms with Crippen LogP contribution in [0.15, 0.2) is 12.1 Å². The summed E-state index contributed by atoms with van der Waals surface area (Å²) in [5.74, 6) is 0.147. The van der Waals surface area contributed by atoms with Crippen molar-refractivity contribution >= 4 is 21.6 Å². The van der Waals surface area contributed by atoms with Crippen molar-refractivity contribution in [2.45, 2.75) is 31.5 Å². The molecule has 2 aromatic rings. The first-order valence-corrected chi connectivity index (χ1v) is 6.48. The van der Waals surface area contributed by atoms with E-state index in [1.807, 2.05) is 0 Å². The summed E-state index contributed by atoms with van der Waals surface area (Å²) < 4.78 is 35.5. The van der Waals surface area contributed by atoms with Crippen LogP contribution in [0.5, 0.6) is 11.5 Å². The zero-order valence-corrected chi connectivity index (χ0v) is 10.3. The Kier molecular flexibility index (Phi) is 1.71. The van der Waals surface area contributed by atoms with Crippen LogP contribution in [0.25, 0.3) is 10.2 Å². The Morgan fingerprint density at radius 2 is 1.89 bits per heavy atom. The summed E-state index contributed by atoms with van der Waals surface area (Å²) in [6.45, 7) is 2.17. The van der Waals surface area contributed by atoms with Crippen LogP contribution < -0.4 is 9.47 Å². The largest absolute Gasteiger partial charge is 0.586 e. The molecule has 1 aromatic carbocycles. The quantitative estimate of drug-likeness (QED) is 0.791. The van der Waals surface area contributed by atoms with Crippen LogP contribution in [-0.2, 0) is 5.41 Å². The summed E-state index contributed by atoms with van der Waals surface area (Å²) in [4.78, 5) is 4.51. The molecule has 1 aliphatic heterocycles. The Bertz CT molecular complexity index is 618. The van der Waals surface area contributed by atoms with Gasteiger partial charge in [0, 0.05) is 17.5 Å². The number of hydrogen-bond acceptors (Lipinski definition) is 4. The number of hydrogen-bond donors (Lipinski definition) is 0. The Morgan fingerprint density at radius 1 is 1.22 bits per heavy atom. The highest BCUT2D eigenvalue weighted by Gasteiger charge is 2.45. The molecule has 1 saturated carbocycles. The fourth-order valence-electron chi connectivity index (χ4n) is 2.03. The fourth-order valence-corrected chi connectivity index (χ4v) is 3.21. The molecule has 18 heavy (non-hydrogen) atoms. The number of alkyl halides is 2. The molecule has 1 aromatic heterocycles. The van der Waals surface area contributed by atoms with Crippen LogP contribution >= 0.6 is 11.3 Å². The van der Waals surface area contributed by atoms with Gasteiger partial charge in [0.15, 0.2) is 11.5 Å². The highest BCUT2D eigenvalue weighted by atomic mass is 32.1. The van der Waals surface area contributed by atoms with E-state index in [0.29, 0.717) is 5.52 Å². The van der Waals surface area contributed by atoms with Crippen LogP contribution in [0, 0.1) is 0 Å². The van der Waals surface area contributed by atoms with E-state index in [-0.39, 0.29) is 16.9 Å². The van der Waals surface area contributed by atoms with Gasteiger partial charge in [-0.3, -0.25) is 0 Å². The maximum absolute atomic E-state index is 12.9. The third-order valence-electron chi connectivity index (χ3n) is 3.43. The van der Waals surface area contributed by atoms with Crippen molar-refractivity contribution < 1.29 is 18.3 Å². The lowest BCUT2D eigenvalue weighted by molar-refractivity contribution is -0.286. The first kappa shape index (κ1) is 10.5. The number of halogens is 2. The van der Waals surface area contributed by atoms with Crippen LogP contribution in [0.1, 0.15) is 24.8 Å². The zero-order chi connectivity index (χ0) is 12.5. The number of thiazole rings is 1. The first-order chi connectivity index (χ1) is 8.45. The molecule has 0 bridgehead atoms. The maximum atomic E-state index is 12.9. The second kappa shape index (κ2) is 2.93. The maximum Gasteiger partial charge on any atom is 0.586 e. The van der Waals surface area contributed by atoms with Crippen molar-refractivity contribution in [1.29, 1.82) is 0 Å². The molecule has 0 radical (unpaired) electrons. The van der Waals surface area contributed by atoms with E-state index in [9.17, 15) is 8.78 Å². The van der Waals surface area contributed by atoms with E-state index in [1.165, 1.54) is 6.07 Å². The summed E-state index contributed by atoms with van der Waals surface area (Å²) in [6.07, 6.45) is -1.29. The molecule has 0 N–H and O–H groups in total. The van der Waals surface area contributed by atoms with Crippen molar-refractivity contribution in [3.63, 3.8) is 0 Å². The van der Waals surface area contributed by atoms with Gasteiger partial charge in [-0.05, 0) is 12.8 Å². The minimum absolute atomic E-state index is 0.0605. The minimum atomic E-state index is -3.56. The van der Waals surface area contributed by atoms with Gasteiger partial charge in [0.2, 0.25) is 0 Å². The molecule has 0 spiro atoms. The molecule has 2 heterocycles. The smallest absolute Gasteiger partial charge is 0.395 e. The highest BCUT2D eigenvalue weighted by molar-refractivity contribution is 7.18. The SMILES string of the molecule is CC1(c2nc3cc4c(cc3s2)OC(F)(F)O4)CC1. The average molecular weight is 269 g/mol. The van der Waals surface area contributed by atoms with Gasteiger partial charge in [0.05, 0.1) is 15.2 Å². The van der Waals surface area contributed by atoms with Crippen molar-refractivity contribution in [2.75, 3.05) is 0 Å². The van der Waals surface area contributed by atoms with E-state index in [1.54, 1.807) is 17.4 Å².